The normalized spacial score (nSPS) is 10.2. The van der Waals surface area contributed by atoms with E-state index < -0.39 is 10.8 Å². The number of phenols is 1. The van der Waals surface area contributed by atoms with E-state index in [0.717, 1.165) is 18.1 Å². The predicted octanol–water partition coefficient (Wildman–Crippen LogP) is 4.05. The molecular weight excluding hydrogens is 418 g/mol. The molecule has 0 heterocycles. The van der Waals surface area contributed by atoms with Gasteiger partial charge in [-0.05, 0) is 42.0 Å². The van der Waals surface area contributed by atoms with Crippen molar-refractivity contribution in [3.63, 3.8) is 0 Å². The first-order valence-electron chi connectivity index (χ1n) is 9.29. The van der Waals surface area contributed by atoms with Gasteiger partial charge in [0.25, 0.3) is 11.6 Å². The minimum absolute atomic E-state index is 0.0652. The highest BCUT2D eigenvalue weighted by atomic mass is 32.1. The standard InChI is InChI=1S/C22H19N3O5S/c26-20-14-17(25(28)29)9-10-19(20)23-22(31)24-21(27)16-7-4-8-18(13-16)30-12-11-15-5-2-1-3-6-15/h1-10,13-14,26H,11-12H2,(H2,23,24,27,31). The van der Waals surface area contributed by atoms with Gasteiger partial charge in [0.15, 0.2) is 5.11 Å². The third-order valence-electron chi connectivity index (χ3n) is 4.27. The molecule has 3 N–H and O–H groups in total. The zero-order chi connectivity index (χ0) is 22.2. The average Bonchev–Trinajstić information content (AvgIpc) is 2.76. The summed E-state index contributed by atoms with van der Waals surface area (Å²) in [5.74, 6) is -0.275. The van der Waals surface area contributed by atoms with Crippen LogP contribution in [0.25, 0.3) is 0 Å². The number of non-ortho nitro benzene ring substituents is 1. The molecule has 0 spiro atoms. The Bertz CT molecular complexity index is 1110. The van der Waals surface area contributed by atoms with Gasteiger partial charge in [0.1, 0.15) is 11.5 Å². The molecule has 0 bridgehead atoms. The van der Waals surface area contributed by atoms with E-state index in [1.165, 1.54) is 12.1 Å². The van der Waals surface area contributed by atoms with Crippen LogP contribution >= 0.6 is 12.2 Å². The van der Waals surface area contributed by atoms with E-state index in [1.54, 1.807) is 24.3 Å². The van der Waals surface area contributed by atoms with Gasteiger partial charge in [0.2, 0.25) is 0 Å². The number of amides is 1. The number of carbonyl (C=O) groups excluding carboxylic acids is 1. The van der Waals surface area contributed by atoms with Crippen molar-refractivity contribution in [2.45, 2.75) is 6.42 Å². The summed E-state index contributed by atoms with van der Waals surface area (Å²) in [5.41, 5.74) is 1.37. The first kappa shape index (κ1) is 21.7. The molecule has 0 aromatic heterocycles. The van der Waals surface area contributed by atoms with E-state index in [9.17, 15) is 20.0 Å². The van der Waals surface area contributed by atoms with Crippen LogP contribution in [0, 0.1) is 10.1 Å². The van der Waals surface area contributed by atoms with E-state index in [4.69, 9.17) is 17.0 Å². The number of nitrogens with one attached hydrogen (secondary N) is 2. The number of carbonyl (C=O) groups is 1. The second kappa shape index (κ2) is 10.2. The molecule has 0 unspecified atom stereocenters. The number of nitrogens with zero attached hydrogens (tertiary/aromatic N) is 1. The summed E-state index contributed by atoms with van der Waals surface area (Å²) in [6.07, 6.45) is 0.740. The lowest BCUT2D eigenvalue weighted by atomic mass is 10.2. The lowest BCUT2D eigenvalue weighted by Crippen LogP contribution is -2.34. The van der Waals surface area contributed by atoms with Crippen LogP contribution in [0.15, 0.2) is 72.8 Å². The van der Waals surface area contributed by atoms with Crippen molar-refractivity contribution in [2.24, 2.45) is 0 Å². The molecule has 0 saturated heterocycles. The number of nitro groups is 1. The van der Waals surface area contributed by atoms with Crippen molar-refractivity contribution in [1.82, 2.24) is 5.32 Å². The fourth-order valence-corrected chi connectivity index (χ4v) is 2.93. The van der Waals surface area contributed by atoms with Crippen LogP contribution in [0.4, 0.5) is 11.4 Å². The number of hydrogen-bond acceptors (Lipinski definition) is 6. The molecule has 3 rings (SSSR count). The van der Waals surface area contributed by atoms with Gasteiger partial charge < -0.3 is 15.2 Å². The second-order valence-electron chi connectivity index (χ2n) is 6.48. The molecule has 0 atom stereocenters. The summed E-state index contributed by atoms with van der Waals surface area (Å²) in [4.78, 5) is 22.6. The Morgan fingerprint density at radius 3 is 2.55 bits per heavy atom. The number of thiocarbonyl (C=S) groups is 1. The van der Waals surface area contributed by atoms with Crippen LogP contribution in [0.5, 0.6) is 11.5 Å². The van der Waals surface area contributed by atoms with Crippen molar-refractivity contribution in [3.05, 3.63) is 94.0 Å². The maximum absolute atomic E-state index is 12.5. The fourth-order valence-electron chi connectivity index (χ4n) is 2.73. The van der Waals surface area contributed by atoms with Crippen LogP contribution in [0.3, 0.4) is 0 Å². The molecule has 1 amide bonds. The quantitative estimate of drug-likeness (QED) is 0.221. The number of phenolic OH excluding ortho intramolecular Hbond substituents is 1. The van der Waals surface area contributed by atoms with Crippen LogP contribution in [-0.4, -0.2) is 27.7 Å². The number of benzene rings is 3. The third kappa shape index (κ3) is 6.25. The highest BCUT2D eigenvalue weighted by Crippen LogP contribution is 2.27. The number of anilines is 1. The summed E-state index contributed by atoms with van der Waals surface area (Å²) in [6, 6.07) is 20.1. The SMILES string of the molecule is O=C(NC(=S)Nc1ccc([N+](=O)[O-])cc1O)c1cccc(OCCc2ccccc2)c1. The molecule has 158 valence electrons. The van der Waals surface area contributed by atoms with Gasteiger partial charge in [0.05, 0.1) is 23.3 Å². The zero-order valence-electron chi connectivity index (χ0n) is 16.3. The first-order chi connectivity index (χ1) is 14.9. The predicted molar refractivity (Wildman–Crippen MR) is 121 cm³/mol. The summed E-state index contributed by atoms with van der Waals surface area (Å²) in [6.45, 7) is 0.467. The Morgan fingerprint density at radius 2 is 1.84 bits per heavy atom. The van der Waals surface area contributed by atoms with Crippen LogP contribution < -0.4 is 15.4 Å². The van der Waals surface area contributed by atoms with E-state index in [0.29, 0.717) is 17.9 Å². The van der Waals surface area contributed by atoms with Crippen LogP contribution in [0.1, 0.15) is 15.9 Å². The molecular formula is C22H19N3O5S. The maximum Gasteiger partial charge on any atom is 0.273 e. The number of nitro benzene ring substituents is 1. The number of rotatable bonds is 7. The lowest BCUT2D eigenvalue weighted by molar-refractivity contribution is -0.384. The Hall–Kier alpha value is -3.98. The number of aromatic hydroxyl groups is 1. The molecule has 0 aliphatic heterocycles. The van der Waals surface area contributed by atoms with Gasteiger partial charge in [-0.1, -0.05) is 36.4 Å². The minimum Gasteiger partial charge on any atom is -0.506 e. The fraction of sp³-hybridized carbons (Fsp3) is 0.0909. The molecule has 3 aromatic rings. The van der Waals surface area contributed by atoms with Crippen LogP contribution in [0.2, 0.25) is 0 Å². The van der Waals surface area contributed by atoms with Gasteiger partial charge in [-0.15, -0.1) is 0 Å². The van der Waals surface area contributed by atoms with Crippen molar-refractivity contribution in [1.29, 1.82) is 0 Å². The van der Waals surface area contributed by atoms with Gasteiger partial charge in [0, 0.05) is 18.1 Å². The summed E-state index contributed by atoms with van der Waals surface area (Å²) >= 11 is 5.09. The van der Waals surface area contributed by atoms with Crippen molar-refractivity contribution >= 4 is 34.6 Å². The number of ether oxygens (including phenoxy) is 1. The van der Waals surface area contributed by atoms with E-state index in [-0.39, 0.29) is 22.2 Å². The van der Waals surface area contributed by atoms with Gasteiger partial charge in [-0.3, -0.25) is 20.2 Å². The van der Waals surface area contributed by atoms with Gasteiger partial charge in [-0.25, -0.2) is 0 Å². The Morgan fingerprint density at radius 1 is 1.06 bits per heavy atom. The Kier molecular flexibility index (Phi) is 7.13. The van der Waals surface area contributed by atoms with Gasteiger partial charge in [-0.2, -0.15) is 0 Å². The van der Waals surface area contributed by atoms with Gasteiger partial charge >= 0.3 is 0 Å². The zero-order valence-corrected chi connectivity index (χ0v) is 17.1. The molecule has 9 heteroatoms. The van der Waals surface area contributed by atoms with E-state index in [1.807, 2.05) is 30.3 Å². The molecule has 0 fully saturated rings. The highest BCUT2D eigenvalue weighted by Gasteiger charge is 2.13. The molecule has 0 radical (unpaired) electrons. The summed E-state index contributed by atoms with van der Waals surface area (Å²) in [7, 11) is 0. The molecule has 8 nitrogen and oxygen atoms in total. The topological polar surface area (TPSA) is 114 Å². The summed E-state index contributed by atoms with van der Waals surface area (Å²) < 4.78 is 5.73. The second-order valence-corrected chi connectivity index (χ2v) is 6.89. The molecule has 0 aliphatic carbocycles. The van der Waals surface area contributed by atoms with E-state index >= 15 is 0 Å². The molecule has 3 aromatic carbocycles. The largest absolute Gasteiger partial charge is 0.506 e. The average molecular weight is 437 g/mol. The smallest absolute Gasteiger partial charge is 0.273 e. The first-order valence-corrected chi connectivity index (χ1v) is 9.70. The Labute approximate surface area is 183 Å². The number of hydrogen-bond donors (Lipinski definition) is 3. The minimum atomic E-state index is -0.626. The molecule has 0 aliphatic rings. The van der Waals surface area contributed by atoms with Crippen molar-refractivity contribution in [3.8, 4) is 11.5 Å². The lowest BCUT2D eigenvalue weighted by Gasteiger charge is -2.12. The maximum atomic E-state index is 12.5. The third-order valence-corrected chi connectivity index (χ3v) is 4.47. The Balaban J connectivity index is 1.55. The summed E-state index contributed by atoms with van der Waals surface area (Å²) in [5, 5.41) is 25.7. The van der Waals surface area contributed by atoms with Crippen LogP contribution in [-0.2, 0) is 6.42 Å². The molecule has 31 heavy (non-hydrogen) atoms. The highest BCUT2D eigenvalue weighted by molar-refractivity contribution is 7.80. The molecule has 0 saturated carbocycles. The van der Waals surface area contributed by atoms with Crippen molar-refractivity contribution in [2.75, 3.05) is 11.9 Å². The van der Waals surface area contributed by atoms with Crippen molar-refractivity contribution < 1.29 is 19.6 Å². The monoisotopic (exact) mass is 437 g/mol. The van der Waals surface area contributed by atoms with E-state index in [2.05, 4.69) is 10.6 Å².